The highest BCUT2D eigenvalue weighted by Gasteiger charge is 2.11. The summed E-state index contributed by atoms with van der Waals surface area (Å²) in [6.07, 6.45) is 2.23. The van der Waals surface area contributed by atoms with Crippen LogP contribution >= 0.6 is 0 Å². The summed E-state index contributed by atoms with van der Waals surface area (Å²) >= 11 is 0. The number of ether oxygens (including phenoxy) is 4. The summed E-state index contributed by atoms with van der Waals surface area (Å²) in [4.78, 5) is 15.1. The number of nitrogens with one attached hydrogen (secondary N) is 1. The Morgan fingerprint density at radius 3 is 2.27 bits per heavy atom. The molecule has 0 aromatic heterocycles. The Bertz CT molecular complexity index is 1070. The zero-order valence-corrected chi connectivity index (χ0v) is 22.1. The van der Waals surface area contributed by atoms with Crippen molar-refractivity contribution in [3.8, 4) is 23.0 Å². The van der Waals surface area contributed by atoms with Crippen LogP contribution in [0.4, 0.5) is 5.69 Å². The molecule has 198 valence electrons. The molecule has 0 saturated carbocycles. The van der Waals surface area contributed by atoms with E-state index in [1.54, 1.807) is 49.6 Å². The summed E-state index contributed by atoms with van der Waals surface area (Å²) in [5.41, 5.74) is 1.15. The van der Waals surface area contributed by atoms with E-state index in [9.17, 15) is 4.79 Å². The number of unbranched alkanes of at least 4 members (excludes halogenated alkanes) is 1. The van der Waals surface area contributed by atoms with Crippen molar-refractivity contribution in [2.45, 2.75) is 26.7 Å². The van der Waals surface area contributed by atoms with Crippen molar-refractivity contribution >= 4 is 11.6 Å². The molecule has 1 N–H and O–H groups in total. The summed E-state index contributed by atoms with van der Waals surface area (Å²) in [5, 5.41) is 2.93. The molecule has 0 unspecified atom stereocenters. The Balaban J connectivity index is 1.53. The number of carbonyl (C=O) groups is 1. The summed E-state index contributed by atoms with van der Waals surface area (Å²) in [6, 6.07) is 21.9. The third-order valence-corrected chi connectivity index (χ3v) is 5.82. The van der Waals surface area contributed by atoms with Crippen LogP contribution in [0.15, 0.2) is 72.8 Å². The first-order chi connectivity index (χ1) is 18.1. The second-order valence-electron chi connectivity index (χ2n) is 8.51. The van der Waals surface area contributed by atoms with Crippen LogP contribution in [-0.2, 0) is 4.74 Å². The zero-order valence-electron chi connectivity index (χ0n) is 22.1. The Kier molecular flexibility index (Phi) is 11.8. The molecule has 0 atom stereocenters. The van der Waals surface area contributed by atoms with Gasteiger partial charge in [0.25, 0.3) is 5.91 Å². The maximum atomic E-state index is 12.8. The number of rotatable bonds is 16. The largest absolute Gasteiger partial charge is 0.493 e. The lowest BCUT2D eigenvalue weighted by molar-refractivity contribution is 0.0974. The van der Waals surface area contributed by atoms with E-state index < -0.39 is 0 Å². The quantitative estimate of drug-likeness (QED) is 0.231. The van der Waals surface area contributed by atoms with E-state index in [0.29, 0.717) is 35.1 Å². The van der Waals surface area contributed by atoms with Gasteiger partial charge in [0.2, 0.25) is 0 Å². The van der Waals surface area contributed by atoms with Gasteiger partial charge >= 0.3 is 0 Å². The number of anilines is 1. The number of para-hydroxylation sites is 1. The van der Waals surface area contributed by atoms with Crippen LogP contribution in [-0.4, -0.2) is 57.4 Å². The Morgan fingerprint density at radius 1 is 0.838 bits per heavy atom. The molecule has 3 aromatic rings. The van der Waals surface area contributed by atoms with E-state index >= 15 is 0 Å². The second kappa shape index (κ2) is 15.5. The van der Waals surface area contributed by atoms with Gasteiger partial charge in [-0.15, -0.1) is 0 Å². The maximum absolute atomic E-state index is 12.8. The first-order valence-corrected chi connectivity index (χ1v) is 12.9. The monoisotopic (exact) mass is 506 g/mol. The van der Waals surface area contributed by atoms with Crippen molar-refractivity contribution in [2.75, 3.05) is 51.9 Å². The van der Waals surface area contributed by atoms with E-state index in [0.717, 1.165) is 51.4 Å². The molecular formula is C30H38N2O5. The fraction of sp³-hybridized carbons (Fsp3) is 0.367. The highest BCUT2D eigenvalue weighted by atomic mass is 16.5. The van der Waals surface area contributed by atoms with Gasteiger partial charge in [0, 0.05) is 37.0 Å². The second-order valence-corrected chi connectivity index (χ2v) is 8.51. The maximum Gasteiger partial charge on any atom is 0.255 e. The van der Waals surface area contributed by atoms with Crippen LogP contribution in [0.2, 0.25) is 0 Å². The molecule has 7 heteroatoms. The molecule has 0 aliphatic carbocycles. The number of amides is 1. The van der Waals surface area contributed by atoms with E-state index in [4.69, 9.17) is 18.9 Å². The third kappa shape index (κ3) is 9.44. The van der Waals surface area contributed by atoms with Crippen molar-refractivity contribution in [3.63, 3.8) is 0 Å². The van der Waals surface area contributed by atoms with Gasteiger partial charge in [0.05, 0.1) is 13.7 Å². The molecule has 7 nitrogen and oxygen atoms in total. The first-order valence-electron chi connectivity index (χ1n) is 12.9. The molecule has 0 aliphatic rings. The summed E-state index contributed by atoms with van der Waals surface area (Å²) in [7, 11) is 1.60. The Labute approximate surface area is 220 Å². The fourth-order valence-electron chi connectivity index (χ4n) is 3.62. The van der Waals surface area contributed by atoms with Gasteiger partial charge in [-0.25, -0.2) is 0 Å². The lowest BCUT2D eigenvalue weighted by Crippen LogP contribution is -2.31. The van der Waals surface area contributed by atoms with E-state index in [1.165, 1.54) is 0 Å². The fourth-order valence-corrected chi connectivity index (χ4v) is 3.62. The molecule has 3 aromatic carbocycles. The lowest BCUT2D eigenvalue weighted by Gasteiger charge is -2.21. The molecule has 3 rings (SSSR count). The van der Waals surface area contributed by atoms with Gasteiger partial charge < -0.3 is 24.3 Å². The number of carbonyl (C=O) groups excluding carboxylic acids is 1. The highest BCUT2D eigenvalue weighted by molar-refractivity contribution is 6.04. The average Bonchev–Trinajstić information content (AvgIpc) is 2.93. The molecular weight excluding hydrogens is 468 g/mol. The smallest absolute Gasteiger partial charge is 0.255 e. The summed E-state index contributed by atoms with van der Waals surface area (Å²) in [6.45, 7) is 8.87. The summed E-state index contributed by atoms with van der Waals surface area (Å²) in [5.74, 6) is 2.39. The molecule has 37 heavy (non-hydrogen) atoms. The van der Waals surface area contributed by atoms with Gasteiger partial charge in [-0.3, -0.25) is 9.69 Å². The molecule has 0 saturated heterocycles. The van der Waals surface area contributed by atoms with Crippen molar-refractivity contribution in [3.05, 3.63) is 78.4 Å². The molecule has 0 spiro atoms. The van der Waals surface area contributed by atoms with E-state index in [2.05, 4.69) is 24.1 Å². The van der Waals surface area contributed by atoms with Crippen LogP contribution < -0.4 is 19.5 Å². The topological polar surface area (TPSA) is 69.3 Å². The molecule has 0 bridgehead atoms. The highest BCUT2D eigenvalue weighted by Crippen LogP contribution is 2.30. The number of likely N-dealkylation sites (N-methyl/N-ethyl adjacent to an activating group) is 1. The summed E-state index contributed by atoms with van der Waals surface area (Å²) < 4.78 is 23.0. The number of hydrogen-bond donors (Lipinski definition) is 1. The Hall–Kier alpha value is -3.55. The van der Waals surface area contributed by atoms with E-state index in [1.807, 2.05) is 30.3 Å². The number of nitrogens with zero attached hydrogens (tertiary/aromatic N) is 1. The van der Waals surface area contributed by atoms with Crippen LogP contribution in [0.1, 0.15) is 37.0 Å². The first kappa shape index (κ1) is 28.0. The zero-order chi connectivity index (χ0) is 26.3. The number of methoxy groups -OCH3 is 1. The minimum absolute atomic E-state index is 0.220. The van der Waals surface area contributed by atoms with Crippen LogP contribution in [0, 0.1) is 0 Å². The van der Waals surface area contributed by atoms with Crippen molar-refractivity contribution in [2.24, 2.45) is 0 Å². The van der Waals surface area contributed by atoms with Gasteiger partial charge in [-0.2, -0.15) is 0 Å². The van der Waals surface area contributed by atoms with Crippen molar-refractivity contribution in [1.82, 2.24) is 4.90 Å². The predicted molar refractivity (Wildman–Crippen MR) is 147 cm³/mol. The molecule has 0 fully saturated rings. The Morgan fingerprint density at radius 2 is 1.57 bits per heavy atom. The number of hydrogen-bond acceptors (Lipinski definition) is 6. The molecule has 0 radical (unpaired) electrons. The van der Waals surface area contributed by atoms with Crippen molar-refractivity contribution < 1.29 is 23.7 Å². The minimum Gasteiger partial charge on any atom is -0.493 e. The van der Waals surface area contributed by atoms with Crippen LogP contribution in [0.3, 0.4) is 0 Å². The van der Waals surface area contributed by atoms with Gasteiger partial charge in [-0.1, -0.05) is 38.5 Å². The molecule has 1 amide bonds. The predicted octanol–water partition coefficient (Wildman–Crippen LogP) is 6.26. The van der Waals surface area contributed by atoms with Crippen LogP contribution in [0.5, 0.6) is 23.0 Å². The minimum atomic E-state index is -0.220. The molecule has 0 aliphatic heterocycles. The van der Waals surface area contributed by atoms with Crippen molar-refractivity contribution in [1.29, 1.82) is 0 Å². The van der Waals surface area contributed by atoms with Crippen LogP contribution in [0.25, 0.3) is 0 Å². The number of benzene rings is 3. The van der Waals surface area contributed by atoms with E-state index in [-0.39, 0.29) is 5.91 Å². The van der Waals surface area contributed by atoms with Gasteiger partial charge in [0.1, 0.15) is 18.1 Å². The molecule has 0 heterocycles. The lowest BCUT2D eigenvalue weighted by atomic mass is 10.2. The van der Waals surface area contributed by atoms with Gasteiger partial charge in [0.15, 0.2) is 11.5 Å². The third-order valence-electron chi connectivity index (χ3n) is 5.82. The standard InChI is InChI=1S/C30H38N2O5/c1-4-6-20-35-21-18-32(5-2)19-22-36-29-23-25(14-17-28(29)34-3)31-30(33)24-12-15-27(16-13-24)37-26-10-8-7-9-11-26/h7-17,23H,4-6,18-22H2,1-3H3,(H,31,33). The SMILES string of the molecule is CCCCOCCN(CC)CCOc1cc(NC(=O)c2ccc(Oc3ccccc3)cc2)ccc1OC. The normalized spacial score (nSPS) is 10.8. The van der Waals surface area contributed by atoms with Gasteiger partial charge in [-0.05, 0) is 61.5 Å². The average molecular weight is 507 g/mol.